The van der Waals surface area contributed by atoms with Crippen molar-refractivity contribution in [3.63, 3.8) is 0 Å². The van der Waals surface area contributed by atoms with Crippen LogP contribution in [0.15, 0.2) is 91.3 Å². The summed E-state index contributed by atoms with van der Waals surface area (Å²) in [7, 11) is 0. The highest BCUT2D eigenvalue weighted by Gasteiger charge is 2.22. The zero-order chi connectivity index (χ0) is 27.9. The average Bonchev–Trinajstić information content (AvgIpc) is 3.04. The highest BCUT2D eigenvalue weighted by Crippen LogP contribution is 2.31. The van der Waals surface area contributed by atoms with Crippen LogP contribution in [0.2, 0.25) is 0 Å². The number of para-hydroxylation sites is 3. The molecule has 1 saturated heterocycles. The zero-order valence-corrected chi connectivity index (χ0v) is 22.8. The lowest BCUT2D eigenvalue weighted by molar-refractivity contribution is -0.123. The normalized spacial score (nSPS) is 16.7. The van der Waals surface area contributed by atoms with Crippen molar-refractivity contribution in [2.24, 2.45) is 0 Å². The van der Waals surface area contributed by atoms with Gasteiger partial charge in [0.25, 0.3) is 5.91 Å². The number of nitrogens with zero attached hydrogens (tertiary/aromatic N) is 4. The lowest BCUT2D eigenvalue weighted by Crippen LogP contribution is -2.46. The van der Waals surface area contributed by atoms with Gasteiger partial charge in [-0.1, -0.05) is 30.3 Å². The van der Waals surface area contributed by atoms with Gasteiger partial charge >= 0.3 is 0 Å². The predicted molar refractivity (Wildman–Crippen MR) is 156 cm³/mol. The van der Waals surface area contributed by atoms with Crippen LogP contribution in [0, 0.1) is 0 Å². The number of hydrogen-bond donors (Lipinski definition) is 1. The smallest absolute Gasteiger partial charge is 0.258 e. The van der Waals surface area contributed by atoms with E-state index in [-0.39, 0.29) is 18.6 Å². The first-order valence-electron chi connectivity index (χ1n) is 13.9. The largest absolute Gasteiger partial charge is 0.486 e. The monoisotopic (exact) mass is 551 g/mol. The molecule has 210 valence electrons. The minimum absolute atomic E-state index is 0.0971. The molecule has 1 amide bonds. The summed E-state index contributed by atoms with van der Waals surface area (Å²) in [6.07, 6.45) is 3.21. The van der Waals surface area contributed by atoms with Gasteiger partial charge in [-0.2, -0.15) is 0 Å². The maximum absolute atomic E-state index is 12.7. The molecule has 41 heavy (non-hydrogen) atoms. The Morgan fingerprint density at radius 2 is 1.66 bits per heavy atom. The van der Waals surface area contributed by atoms with E-state index in [0.29, 0.717) is 37.0 Å². The summed E-state index contributed by atoms with van der Waals surface area (Å²) in [5.41, 5.74) is 3.16. The number of anilines is 1. The molecule has 0 aliphatic carbocycles. The second-order valence-corrected chi connectivity index (χ2v) is 10.1. The standard InChI is InChI=1S/C32H33N5O4/c38-31(35-20-27-22-39-29-9-4-5-10-30(29)41-27)23-40-28-12-11-24(32-33-13-6-14-34-32)19-25(28)21-36-15-17-37(18-16-36)26-7-2-1-3-8-26/h1-14,19,27H,15-18,20-23H2,(H,35,38). The fraction of sp³-hybridized carbons (Fsp3) is 0.281. The summed E-state index contributed by atoms with van der Waals surface area (Å²) in [5.74, 6) is 2.52. The first-order valence-corrected chi connectivity index (χ1v) is 13.9. The van der Waals surface area contributed by atoms with Crippen molar-refractivity contribution in [2.45, 2.75) is 12.6 Å². The molecular formula is C32H33N5O4. The minimum atomic E-state index is -0.260. The molecule has 9 heteroatoms. The van der Waals surface area contributed by atoms with Crippen LogP contribution in [0.1, 0.15) is 5.56 Å². The minimum Gasteiger partial charge on any atom is -0.486 e. The fourth-order valence-corrected chi connectivity index (χ4v) is 5.06. The summed E-state index contributed by atoms with van der Waals surface area (Å²) in [5, 5.41) is 2.91. The van der Waals surface area contributed by atoms with Crippen molar-refractivity contribution in [1.29, 1.82) is 0 Å². The molecule has 0 bridgehead atoms. The average molecular weight is 552 g/mol. The summed E-state index contributed by atoms with van der Waals surface area (Å²) >= 11 is 0. The molecule has 2 aliphatic rings. The zero-order valence-electron chi connectivity index (χ0n) is 22.8. The number of fused-ring (bicyclic) bond motifs is 1. The van der Waals surface area contributed by atoms with Gasteiger partial charge in [0.1, 0.15) is 18.5 Å². The Bertz CT molecular complexity index is 1450. The maximum Gasteiger partial charge on any atom is 0.258 e. The second kappa shape index (κ2) is 12.7. The van der Waals surface area contributed by atoms with Gasteiger partial charge in [0.05, 0.1) is 6.54 Å². The Labute approximate surface area is 239 Å². The first kappa shape index (κ1) is 26.6. The number of ether oxygens (including phenoxy) is 3. The summed E-state index contributed by atoms with van der Waals surface area (Å²) in [6.45, 7) is 5.05. The van der Waals surface area contributed by atoms with Gasteiger partial charge in [-0.25, -0.2) is 9.97 Å². The number of benzene rings is 3. The Morgan fingerprint density at radius 1 is 0.902 bits per heavy atom. The third-order valence-corrected chi connectivity index (χ3v) is 7.23. The van der Waals surface area contributed by atoms with Gasteiger partial charge in [-0.15, -0.1) is 0 Å². The van der Waals surface area contributed by atoms with Gasteiger partial charge in [0.15, 0.2) is 23.9 Å². The summed E-state index contributed by atoms with van der Waals surface area (Å²) in [6, 6.07) is 25.7. The molecule has 1 unspecified atom stereocenters. The Morgan fingerprint density at radius 3 is 2.46 bits per heavy atom. The first-order chi connectivity index (χ1) is 20.2. The van der Waals surface area contributed by atoms with Crippen molar-refractivity contribution in [3.05, 3.63) is 96.8 Å². The summed E-state index contributed by atoms with van der Waals surface area (Å²) in [4.78, 5) is 26.3. The number of carbonyl (C=O) groups excluding carboxylic acids is 1. The fourth-order valence-electron chi connectivity index (χ4n) is 5.06. The molecular weight excluding hydrogens is 518 g/mol. The number of nitrogens with one attached hydrogen (secondary N) is 1. The molecule has 9 nitrogen and oxygen atoms in total. The number of carbonyl (C=O) groups is 1. The van der Waals surface area contributed by atoms with Gasteiger partial charge < -0.3 is 24.4 Å². The molecule has 1 atom stereocenters. The van der Waals surface area contributed by atoms with Crippen molar-refractivity contribution in [2.75, 3.05) is 50.8 Å². The van der Waals surface area contributed by atoms with E-state index in [2.05, 4.69) is 55.4 Å². The number of aromatic nitrogens is 2. The molecule has 2 aliphatic heterocycles. The van der Waals surface area contributed by atoms with Crippen LogP contribution in [-0.4, -0.2) is 72.8 Å². The molecule has 1 fully saturated rings. The molecule has 3 heterocycles. The van der Waals surface area contributed by atoms with Gasteiger partial charge in [-0.05, 0) is 48.5 Å². The van der Waals surface area contributed by atoms with Crippen LogP contribution in [0.3, 0.4) is 0 Å². The third kappa shape index (κ3) is 6.75. The Kier molecular flexibility index (Phi) is 8.23. The van der Waals surface area contributed by atoms with E-state index in [0.717, 1.165) is 43.1 Å². The van der Waals surface area contributed by atoms with E-state index in [9.17, 15) is 4.79 Å². The van der Waals surface area contributed by atoms with Crippen LogP contribution >= 0.6 is 0 Å². The highest BCUT2D eigenvalue weighted by atomic mass is 16.6. The number of hydrogen-bond acceptors (Lipinski definition) is 8. The number of amides is 1. The van der Waals surface area contributed by atoms with Crippen LogP contribution in [0.5, 0.6) is 17.2 Å². The molecule has 3 aromatic carbocycles. The molecule has 4 aromatic rings. The molecule has 6 rings (SSSR count). The highest BCUT2D eigenvalue weighted by molar-refractivity contribution is 5.77. The van der Waals surface area contributed by atoms with Gasteiger partial charge in [0.2, 0.25) is 0 Å². The van der Waals surface area contributed by atoms with Crippen molar-refractivity contribution >= 4 is 11.6 Å². The van der Waals surface area contributed by atoms with Crippen LogP contribution in [0.25, 0.3) is 11.4 Å². The molecule has 0 spiro atoms. The molecule has 0 saturated carbocycles. The van der Waals surface area contributed by atoms with Crippen molar-refractivity contribution < 1.29 is 19.0 Å². The SMILES string of the molecule is O=C(COc1ccc(-c2ncccn2)cc1CN1CCN(c2ccccc2)CC1)NCC1COc2ccccc2O1. The van der Waals surface area contributed by atoms with E-state index >= 15 is 0 Å². The molecule has 1 N–H and O–H groups in total. The lowest BCUT2D eigenvalue weighted by atomic mass is 10.1. The van der Waals surface area contributed by atoms with Gasteiger partial charge in [0, 0.05) is 61.9 Å². The molecule has 1 aromatic heterocycles. The quantitative estimate of drug-likeness (QED) is 0.336. The van der Waals surface area contributed by atoms with Crippen LogP contribution in [0.4, 0.5) is 5.69 Å². The van der Waals surface area contributed by atoms with E-state index in [1.807, 2.05) is 42.5 Å². The van der Waals surface area contributed by atoms with Crippen LogP contribution in [-0.2, 0) is 11.3 Å². The number of piperazine rings is 1. The number of rotatable bonds is 9. The lowest BCUT2D eigenvalue weighted by Gasteiger charge is -2.36. The van der Waals surface area contributed by atoms with E-state index in [1.165, 1.54) is 5.69 Å². The van der Waals surface area contributed by atoms with E-state index < -0.39 is 0 Å². The maximum atomic E-state index is 12.7. The van der Waals surface area contributed by atoms with Crippen molar-refractivity contribution in [1.82, 2.24) is 20.2 Å². The predicted octanol–water partition coefficient (Wildman–Crippen LogP) is 3.80. The van der Waals surface area contributed by atoms with Gasteiger partial charge in [-0.3, -0.25) is 9.69 Å². The van der Waals surface area contributed by atoms with Crippen LogP contribution < -0.4 is 24.4 Å². The Hall–Kier alpha value is -4.63. The molecule has 0 radical (unpaired) electrons. The topological polar surface area (TPSA) is 89.1 Å². The van der Waals surface area contributed by atoms with E-state index in [4.69, 9.17) is 14.2 Å². The summed E-state index contributed by atoms with van der Waals surface area (Å²) < 4.78 is 17.7. The van der Waals surface area contributed by atoms with E-state index in [1.54, 1.807) is 18.5 Å². The third-order valence-electron chi connectivity index (χ3n) is 7.23. The Balaban J connectivity index is 1.08. The van der Waals surface area contributed by atoms with Crippen molar-refractivity contribution in [3.8, 4) is 28.6 Å². The second-order valence-electron chi connectivity index (χ2n) is 10.1.